The quantitative estimate of drug-likeness (QED) is 0.536. The molecule has 1 aromatic carbocycles. The van der Waals surface area contributed by atoms with Gasteiger partial charge in [-0.1, -0.05) is 0 Å². The third-order valence-corrected chi connectivity index (χ3v) is 6.39. The number of carbonyl (C=O) groups is 3. The Hall–Kier alpha value is -2.97. The van der Waals surface area contributed by atoms with Crippen molar-refractivity contribution in [1.82, 2.24) is 15.1 Å². The van der Waals surface area contributed by atoms with Crippen LogP contribution in [0.3, 0.4) is 0 Å². The molecule has 33 heavy (non-hydrogen) atoms. The average molecular weight is 462 g/mol. The molecule has 0 spiro atoms. The molecule has 2 aliphatic heterocycles. The maximum Gasteiger partial charge on any atom is 0.254 e. The number of ether oxygens (including phenoxy) is 3. The second-order valence-corrected chi connectivity index (χ2v) is 8.54. The monoisotopic (exact) mass is 461 g/mol. The highest BCUT2D eigenvalue weighted by Crippen LogP contribution is 2.38. The summed E-state index contributed by atoms with van der Waals surface area (Å²) in [4.78, 5) is 40.6. The smallest absolute Gasteiger partial charge is 0.254 e. The predicted octanol–water partition coefficient (Wildman–Crippen LogP) is 2.08. The molecule has 2 heterocycles. The molecular weight excluding hydrogens is 426 g/mol. The van der Waals surface area contributed by atoms with Crippen LogP contribution in [-0.4, -0.2) is 81.6 Å². The third-order valence-electron chi connectivity index (χ3n) is 6.39. The molecule has 9 heteroatoms. The Morgan fingerprint density at radius 1 is 1.03 bits per heavy atom. The van der Waals surface area contributed by atoms with Gasteiger partial charge in [0.1, 0.15) is 0 Å². The molecule has 0 radical (unpaired) electrons. The number of nitrogens with zero attached hydrogens (tertiary/aromatic N) is 2. The van der Waals surface area contributed by atoms with E-state index in [4.69, 9.17) is 14.2 Å². The lowest BCUT2D eigenvalue weighted by atomic mass is 9.92. The molecule has 2 fully saturated rings. The molecule has 0 saturated carbocycles. The van der Waals surface area contributed by atoms with Crippen molar-refractivity contribution in [3.8, 4) is 17.2 Å². The first-order chi connectivity index (χ1) is 16.0. The van der Waals surface area contributed by atoms with Crippen LogP contribution in [0.5, 0.6) is 17.2 Å². The molecule has 1 N–H and O–H groups in total. The summed E-state index contributed by atoms with van der Waals surface area (Å²) in [7, 11) is 4.57. The van der Waals surface area contributed by atoms with Crippen LogP contribution in [-0.2, 0) is 9.59 Å². The minimum Gasteiger partial charge on any atom is -0.493 e. The number of carbonyl (C=O) groups excluding carboxylic acids is 3. The van der Waals surface area contributed by atoms with Gasteiger partial charge in [0.2, 0.25) is 17.6 Å². The summed E-state index contributed by atoms with van der Waals surface area (Å²) < 4.78 is 16.0. The zero-order chi connectivity index (χ0) is 23.8. The molecule has 0 aromatic heterocycles. The molecule has 1 aromatic rings. The van der Waals surface area contributed by atoms with E-state index in [1.807, 2.05) is 9.80 Å². The SMILES string of the molecule is COc1cc(C(=O)N2CCC(CC(=O)NCCCN3CCCC3=O)CC2)cc(OC)c1OC. The Morgan fingerprint density at radius 2 is 1.70 bits per heavy atom. The van der Waals surface area contributed by atoms with Crippen LogP contribution in [0.4, 0.5) is 0 Å². The van der Waals surface area contributed by atoms with E-state index in [0.29, 0.717) is 61.8 Å². The van der Waals surface area contributed by atoms with Crippen molar-refractivity contribution in [1.29, 1.82) is 0 Å². The van der Waals surface area contributed by atoms with Gasteiger partial charge < -0.3 is 29.3 Å². The van der Waals surface area contributed by atoms with Gasteiger partial charge >= 0.3 is 0 Å². The minimum absolute atomic E-state index is 0.0390. The number of rotatable bonds is 10. The standard InChI is InChI=1S/C24H35N3O6/c1-31-19-15-18(16-20(32-2)23(19)33-3)24(30)27-12-7-17(8-13-27)14-21(28)25-9-5-11-26-10-4-6-22(26)29/h15-17H,4-14H2,1-3H3,(H,25,28). The van der Waals surface area contributed by atoms with Crippen LogP contribution in [0.1, 0.15) is 48.9 Å². The summed E-state index contributed by atoms with van der Waals surface area (Å²) in [6.45, 7) is 3.33. The summed E-state index contributed by atoms with van der Waals surface area (Å²) in [6, 6.07) is 3.33. The number of hydrogen-bond acceptors (Lipinski definition) is 6. The van der Waals surface area contributed by atoms with Crippen LogP contribution in [0.25, 0.3) is 0 Å². The van der Waals surface area contributed by atoms with E-state index < -0.39 is 0 Å². The van der Waals surface area contributed by atoms with Crippen molar-refractivity contribution in [2.24, 2.45) is 5.92 Å². The maximum absolute atomic E-state index is 13.0. The lowest BCUT2D eigenvalue weighted by Crippen LogP contribution is -2.40. The van der Waals surface area contributed by atoms with Gasteiger partial charge in [-0.05, 0) is 43.7 Å². The van der Waals surface area contributed by atoms with E-state index in [1.54, 1.807) is 12.1 Å². The molecule has 0 atom stereocenters. The van der Waals surface area contributed by atoms with Crippen molar-refractivity contribution < 1.29 is 28.6 Å². The fourth-order valence-corrected chi connectivity index (χ4v) is 4.50. The Balaban J connectivity index is 1.43. The second kappa shape index (κ2) is 11.8. The Bertz CT molecular complexity index is 826. The second-order valence-electron chi connectivity index (χ2n) is 8.54. The number of methoxy groups -OCH3 is 3. The average Bonchev–Trinajstić information content (AvgIpc) is 3.25. The van der Waals surface area contributed by atoms with Crippen molar-refractivity contribution in [3.05, 3.63) is 17.7 Å². The lowest BCUT2D eigenvalue weighted by Gasteiger charge is -2.32. The van der Waals surface area contributed by atoms with E-state index in [2.05, 4.69) is 5.32 Å². The van der Waals surface area contributed by atoms with Crippen molar-refractivity contribution in [3.63, 3.8) is 0 Å². The highest BCUT2D eigenvalue weighted by Gasteiger charge is 2.27. The fourth-order valence-electron chi connectivity index (χ4n) is 4.50. The molecule has 0 unspecified atom stereocenters. The number of amides is 3. The van der Waals surface area contributed by atoms with Crippen molar-refractivity contribution >= 4 is 17.7 Å². The molecule has 3 rings (SSSR count). The lowest BCUT2D eigenvalue weighted by molar-refractivity contribution is -0.127. The number of hydrogen-bond donors (Lipinski definition) is 1. The van der Waals surface area contributed by atoms with Crippen LogP contribution in [0.2, 0.25) is 0 Å². The molecule has 3 amide bonds. The minimum atomic E-state index is -0.0892. The highest BCUT2D eigenvalue weighted by atomic mass is 16.5. The van der Waals surface area contributed by atoms with Gasteiger partial charge in [-0.25, -0.2) is 0 Å². The van der Waals surface area contributed by atoms with E-state index in [-0.39, 0.29) is 23.6 Å². The van der Waals surface area contributed by atoms with Gasteiger partial charge in [0.25, 0.3) is 5.91 Å². The molecule has 0 aliphatic carbocycles. The van der Waals surface area contributed by atoms with Crippen LogP contribution in [0, 0.1) is 5.92 Å². The fraction of sp³-hybridized carbons (Fsp3) is 0.625. The third kappa shape index (κ3) is 6.30. The van der Waals surface area contributed by atoms with Gasteiger partial charge in [-0.15, -0.1) is 0 Å². The summed E-state index contributed by atoms with van der Waals surface area (Å²) >= 11 is 0. The summed E-state index contributed by atoms with van der Waals surface area (Å²) in [5.41, 5.74) is 0.483. The van der Waals surface area contributed by atoms with Crippen LogP contribution in [0.15, 0.2) is 12.1 Å². The highest BCUT2D eigenvalue weighted by molar-refractivity contribution is 5.95. The number of benzene rings is 1. The molecule has 182 valence electrons. The first-order valence-electron chi connectivity index (χ1n) is 11.6. The summed E-state index contributed by atoms with van der Waals surface area (Å²) in [5, 5.41) is 2.97. The largest absolute Gasteiger partial charge is 0.493 e. The Morgan fingerprint density at radius 3 is 2.24 bits per heavy atom. The van der Waals surface area contributed by atoms with E-state index in [1.165, 1.54) is 21.3 Å². The zero-order valence-corrected chi connectivity index (χ0v) is 19.9. The Labute approximate surface area is 195 Å². The van der Waals surface area contributed by atoms with Crippen molar-refractivity contribution in [2.75, 3.05) is 54.1 Å². The topological polar surface area (TPSA) is 97.4 Å². The van der Waals surface area contributed by atoms with Crippen LogP contribution < -0.4 is 19.5 Å². The summed E-state index contributed by atoms with van der Waals surface area (Å²) in [6.07, 6.45) is 4.39. The number of likely N-dealkylation sites (tertiary alicyclic amines) is 2. The van der Waals surface area contributed by atoms with Gasteiger partial charge in [0.05, 0.1) is 21.3 Å². The van der Waals surface area contributed by atoms with Gasteiger partial charge in [0, 0.05) is 51.1 Å². The van der Waals surface area contributed by atoms with E-state index in [0.717, 1.165) is 32.2 Å². The molecular formula is C24H35N3O6. The van der Waals surface area contributed by atoms with Gasteiger partial charge in [0.15, 0.2) is 11.5 Å². The normalized spacial score (nSPS) is 16.6. The first-order valence-corrected chi connectivity index (χ1v) is 11.6. The number of piperidine rings is 1. The number of nitrogens with one attached hydrogen (secondary N) is 1. The molecule has 0 bridgehead atoms. The van der Waals surface area contributed by atoms with E-state index in [9.17, 15) is 14.4 Å². The molecule has 2 saturated heterocycles. The van der Waals surface area contributed by atoms with E-state index >= 15 is 0 Å². The van der Waals surface area contributed by atoms with Crippen molar-refractivity contribution in [2.45, 2.75) is 38.5 Å². The predicted molar refractivity (Wildman–Crippen MR) is 123 cm³/mol. The Kier molecular flexibility index (Phi) is 8.79. The molecule has 2 aliphatic rings. The molecule has 9 nitrogen and oxygen atoms in total. The van der Waals surface area contributed by atoms with Crippen LogP contribution >= 0.6 is 0 Å². The summed E-state index contributed by atoms with van der Waals surface area (Å²) in [5.74, 6) is 1.77. The van der Waals surface area contributed by atoms with Gasteiger partial charge in [-0.3, -0.25) is 14.4 Å². The first kappa shape index (κ1) is 24.7. The van der Waals surface area contributed by atoms with Gasteiger partial charge in [-0.2, -0.15) is 0 Å². The zero-order valence-electron chi connectivity index (χ0n) is 19.9. The maximum atomic E-state index is 13.0.